The molecule has 0 fully saturated rings. The molecule has 0 saturated heterocycles. The van der Waals surface area contributed by atoms with Gasteiger partial charge in [0, 0.05) is 16.9 Å². The highest BCUT2D eigenvalue weighted by Gasteiger charge is 2.41. The first-order valence-corrected chi connectivity index (χ1v) is 8.76. The highest BCUT2D eigenvalue weighted by Crippen LogP contribution is 2.31. The zero-order valence-corrected chi connectivity index (χ0v) is 16.1. The number of anilines is 2. The van der Waals surface area contributed by atoms with E-state index >= 15 is 0 Å². The van der Waals surface area contributed by atoms with Gasteiger partial charge in [-0.05, 0) is 76.1 Å². The van der Waals surface area contributed by atoms with E-state index in [-0.39, 0.29) is 11.8 Å². The van der Waals surface area contributed by atoms with Crippen LogP contribution in [0.1, 0.15) is 52.6 Å². The van der Waals surface area contributed by atoms with Crippen LogP contribution in [0, 0.1) is 13.8 Å². The number of fused-ring (bicyclic) bond motifs is 1. The van der Waals surface area contributed by atoms with E-state index in [1.165, 1.54) is 4.90 Å². The van der Waals surface area contributed by atoms with E-state index in [4.69, 9.17) is 0 Å². The van der Waals surface area contributed by atoms with Crippen LogP contribution in [0.25, 0.3) is 0 Å². The highest BCUT2D eigenvalue weighted by molar-refractivity contribution is 6.22. The maximum absolute atomic E-state index is 12.6. The van der Waals surface area contributed by atoms with E-state index in [1.807, 2.05) is 52.8 Å². The number of nitrogens with one attached hydrogen (secondary N) is 2. The van der Waals surface area contributed by atoms with Crippen molar-refractivity contribution in [2.45, 2.75) is 40.2 Å². The van der Waals surface area contributed by atoms with Crippen molar-refractivity contribution in [2.24, 2.45) is 0 Å². The monoisotopic (exact) mass is 365 g/mol. The Morgan fingerprint density at radius 3 is 1.96 bits per heavy atom. The number of carbonyl (C=O) groups excluding carboxylic acids is 3. The van der Waals surface area contributed by atoms with Gasteiger partial charge < -0.3 is 10.6 Å². The smallest absolute Gasteiger partial charge is 0.308 e. The highest BCUT2D eigenvalue weighted by atomic mass is 16.2. The standard InChI is InChI=1S/C21H23N3O3/c1-12-6-7-14(10-13(12)2)22-20(27)23-15-8-9-16-17(11-15)19(26)24(18(16)25)21(3,4)5/h6-11H,1-5H3,(H2,22,23,27). The second-order valence-electron chi connectivity index (χ2n) is 7.76. The van der Waals surface area contributed by atoms with Crippen LogP contribution in [-0.4, -0.2) is 28.3 Å². The number of imide groups is 1. The molecule has 0 unspecified atom stereocenters. The molecule has 2 aromatic carbocycles. The van der Waals surface area contributed by atoms with Crippen LogP contribution in [0.4, 0.5) is 16.2 Å². The first kappa shape index (κ1) is 18.6. The Bertz CT molecular complexity index is 958. The molecule has 1 heterocycles. The van der Waals surface area contributed by atoms with Crippen LogP contribution < -0.4 is 10.6 Å². The zero-order chi connectivity index (χ0) is 19.9. The molecule has 0 atom stereocenters. The summed E-state index contributed by atoms with van der Waals surface area (Å²) in [5, 5.41) is 5.48. The minimum Gasteiger partial charge on any atom is -0.308 e. The third-order valence-corrected chi connectivity index (χ3v) is 4.58. The predicted molar refractivity (Wildman–Crippen MR) is 105 cm³/mol. The molecule has 0 radical (unpaired) electrons. The van der Waals surface area contributed by atoms with Gasteiger partial charge in [0.15, 0.2) is 0 Å². The number of rotatable bonds is 2. The number of amides is 4. The van der Waals surface area contributed by atoms with Crippen molar-refractivity contribution in [3.8, 4) is 0 Å². The van der Waals surface area contributed by atoms with Gasteiger partial charge in [0.2, 0.25) is 0 Å². The van der Waals surface area contributed by atoms with Crippen LogP contribution in [0.15, 0.2) is 36.4 Å². The van der Waals surface area contributed by atoms with Crippen LogP contribution in [0.3, 0.4) is 0 Å². The summed E-state index contributed by atoms with van der Waals surface area (Å²) in [6, 6.07) is 9.98. The van der Waals surface area contributed by atoms with Crippen LogP contribution in [0.5, 0.6) is 0 Å². The van der Waals surface area contributed by atoms with Crippen molar-refractivity contribution in [1.29, 1.82) is 0 Å². The van der Waals surface area contributed by atoms with Gasteiger partial charge in [-0.1, -0.05) is 6.07 Å². The van der Waals surface area contributed by atoms with E-state index < -0.39 is 11.6 Å². The average Bonchev–Trinajstić information content (AvgIpc) is 2.81. The van der Waals surface area contributed by atoms with Crippen LogP contribution in [-0.2, 0) is 0 Å². The molecule has 0 aromatic heterocycles. The van der Waals surface area contributed by atoms with Crippen molar-refractivity contribution in [3.05, 3.63) is 58.7 Å². The topological polar surface area (TPSA) is 78.5 Å². The van der Waals surface area contributed by atoms with Gasteiger partial charge in [0.25, 0.3) is 11.8 Å². The molecule has 0 spiro atoms. The summed E-state index contributed by atoms with van der Waals surface area (Å²) < 4.78 is 0. The largest absolute Gasteiger partial charge is 0.323 e. The van der Waals surface area contributed by atoms with Gasteiger partial charge in [-0.25, -0.2) is 4.79 Å². The molecule has 27 heavy (non-hydrogen) atoms. The molecule has 2 aromatic rings. The molecule has 6 heteroatoms. The average molecular weight is 365 g/mol. The predicted octanol–water partition coefficient (Wildman–Crippen LogP) is 4.34. The Kier molecular flexibility index (Phi) is 4.51. The number of benzene rings is 2. The maximum atomic E-state index is 12.6. The third-order valence-electron chi connectivity index (χ3n) is 4.58. The lowest BCUT2D eigenvalue weighted by Crippen LogP contribution is -2.45. The molecule has 6 nitrogen and oxygen atoms in total. The van der Waals surface area contributed by atoms with E-state index in [1.54, 1.807) is 18.2 Å². The molecule has 140 valence electrons. The molecule has 2 N–H and O–H groups in total. The van der Waals surface area contributed by atoms with E-state index in [0.717, 1.165) is 11.1 Å². The molecule has 1 aliphatic rings. The van der Waals surface area contributed by atoms with E-state index in [9.17, 15) is 14.4 Å². The molecule has 3 rings (SSSR count). The fraction of sp³-hybridized carbons (Fsp3) is 0.286. The van der Waals surface area contributed by atoms with Gasteiger partial charge in [-0.3, -0.25) is 14.5 Å². The summed E-state index contributed by atoms with van der Waals surface area (Å²) in [7, 11) is 0. The fourth-order valence-electron chi connectivity index (χ4n) is 3.04. The summed E-state index contributed by atoms with van der Waals surface area (Å²) in [6.45, 7) is 9.41. The Balaban J connectivity index is 1.78. The normalized spacial score (nSPS) is 13.6. The van der Waals surface area contributed by atoms with E-state index in [2.05, 4.69) is 10.6 Å². The number of hydrogen-bond donors (Lipinski definition) is 2. The van der Waals surface area contributed by atoms with Crippen molar-refractivity contribution in [2.75, 3.05) is 10.6 Å². The SMILES string of the molecule is Cc1ccc(NC(=O)Nc2ccc3c(c2)C(=O)N(C(C)(C)C)C3=O)cc1C. The molecule has 1 aliphatic heterocycles. The van der Waals surface area contributed by atoms with Crippen molar-refractivity contribution in [3.63, 3.8) is 0 Å². The number of urea groups is 1. The van der Waals surface area contributed by atoms with Gasteiger partial charge in [-0.15, -0.1) is 0 Å². The third kappa shape index (κ3) is 3.56. The first-order chi connectivity index (χ1) is 12.6. The minimum absolute atomic E-state index is 0.305. The number of nitrogens with zero attached hydrogens (tertiary/aromatic N) is 1. The van der Waals surface area contributed by atoms with Crippen LogP contribution in [0.2, 0.25) is 0 Å². The fourth-order valence-corrected chi connectivity index (χ4v) is 3.04. The molecule has 0 bridgehead atoms. The minimum atomic E-state index is -0.610. The number of aryl methyl sites for hydroxylation is 2. The maximum Gasteiger partial charge on any atom is 0.323 e. The Morgan fingerprint density at radius 1 is 0.815 bits per heavy atom. The van der Waals surface area contributed by atoms with Crippen molar-refractivity contribution in [1.82, 2.24) is 4.90 Å². The summed E-state index contributed by atoms with van der Waals surface area (Å²) in [5.41, 5.74) is 3.41. The Labute approximate surface area is 158 Å². The second-order valence-corrected chi connectivity index (χ2v) is 7.76. The van der Waals surface area contributed by atoms with Crippen molar-refractivity contribution < 1.29 is 14.4 Å². The zero-order valence-electron chi connectivity index (χ0n) is 16.1. The lowest BCUT2D eigenvalue weighted by Gasteiger charge is -2.29. The van der Waals surface area contributed by atoms with Gasteiger partial charge in [0.1, 0.15) is 0 Å². The van der Waals surface area contributed by atoms with Gasteiger partial charge in [0.05, 0.1) is 11.1 Å². The second kappa shape index (κ2) is 6.54. The van der Waals surface area contributed by atoms with Gasteiger partial charge >= 0.3 is 6.03 Å². The summed E-state index contributed by atoms with van der Waals surface area (Å²) >= 11 is 0. The summed E-state index contributed by atoms with van der Waals surface area (Å²) in [6.07, 6.45) is 0. The molecule has 0 saturated carbocycles. The Morgan fingerprint density at radius 2 is 1.37 bits per heavy atom. The quantitative estimate of drug-likeness (QED) is 0.777. The lowest BCUT2D eigenvalue weighted by molar-refractivity contribution is 0.0507. The lowest BCUT2D eigenvalue weighted by atomic mass is 10.1. The first-order valence-electron chi connectivity index (χ1n) is 8.76. The number of carbonyl (C=O) groups is 3. The number of hydrogen-bond acceptors (Lipinski definition) is 3. The van der Waals surface area contributed by atoms with Crippen molar-refractivity contribution >= 4 is 29.2 Å². The summed E-state index contributed by atoms with van der Waals surface area (Å²) in [4.78, 5) is 38.6. The molecule has 4 amide bonds. The molecular weight excluding hydrogens is 342 g/mol. The summed E-state index contributed by atoms with van der Waals surface area (Å²) in [5.74, 6) is -0.658. The Hall–Kier alpha value is -3.15. The van der Waals surface area contributed by atoms with E-state index in [0.29, 0.717) is 22.5 Å². The molecule has 0 aliphatic carbocycles. The molecular formula is C21H23N3O3. The van der Waals surface area contributed by atoms with Crippen LogP contribution >= 0.6 is 0 Å². The van der Waals surface area contributed by atoms with Gasteiger partial charge in [-0.2, -0.15) is 0 Å².